The minimum Gasteiger partial charge on any atom is -0.476 e. The lowest BCUT2D eigenvalue weighted by molar-refractivity contribution is 0.0687. The number of hydrogen-bond donors (Lipinski definition) is 2. The number of rotatable bonds is 3. The molecule has 7 heteroatoms. The number of aromatic nitrogens is 3. The van der Waals surface area contributed by atoms with Gasteiger partial charge in [-0.15, -0.1) is 5.10 Å². The van der Waals surface area contributed by atoms with Gasteiger partial charge in [0.25, 0.3) is 5.88 Å². The number of carboxylic acid groups (broad SMARTS) is 1. The summed E-state index contributed by atoms with van der Waals surface area (Å²) in [6.07, 6.45) is 0. The number of para-hydroxylation sites is 1. The van der Waals surface area contributed by atoms with Crippen LogP contribution in [-0.4, -0.2) is 26.5 Å². The molecular weight excluding hydrogens is 234 g/mol. The Bertz CT molecular complexity index is 526. The van der Waals surface area contributed by atoms with Crippen LogP contribution in [0, 0.1) is 0 Å². The molecule has 16 heavy (non-hydrogen) atoms. The summed E-state index contributed by atoms with van der Waals surface area (Å²) in [5.41, 5.74) is -0.292. The molecule has 0 amide bonds. The zero-order chi connectivity index (χ0) is 11.5. The number of aromatic carboxylic acids is 1. The molecule has 82 valence electrons. The Kier molecular flexibility index (Phi) is 2.74. The minimum atomic E-state index is -1.23. The van der Waals surface area contributed by atoms with Gasteiger partial charge in [0, 0.05) is 0 Å². The lowest BCUT2D eigenvalue weighted by Gasteiger charge is -2.04. The van der Waals surface area contributed by atoms with Crippen LogP contribution in [-0.2, 0) is 0 Å². The van der Waals surface area contributed by atoms with Gasteiger partial charge in [-0.2, -0.15) is 0 Å². The molecule has 2 N–H and O–H groups in total. The highest BCUT2D eigenvalue weighted by Crippen LogP contribution is 2.28. The fraction of sp³-hybridized carbons (Fsp3) is 0. The third-order valence-corrected chi connectivity index (χ3v) is 2.08. The van der Waals surface area contributed by atoms with E-state index in [1.54, 1.807) is 24.3 Å². The number of nitrogens with one attached hydrogen (secondary N) is 1. The van der Waals surface area contributed by atoms with E-state index in [9.17, 15) is 4.79 Å². The normalized spacial score (nSPS) is 10.1. The Hall–Kier alpha value is -2.08. The fourth-order valence-electron chi connectivity index (χ4n) is 1.07. The summed E-state index contributed by atoms with van der Waals surface area (Å²) < 4.78 is 5.25. The second-order valence-corrected chi connectivity index (χ2v) is 3.23. The third kappa shape index (κ3) is 1.96. The van der Waals surface area contributed by atoms with Crippen LogP contribution in [0.3, 0.4) is 0 Å². The van der Waals surface area contributed by atoms with E-state index in [2.05, 4.69) is 15.4 Å². The molecule has 6 nitrogen and oxygen atoms in total. The largest absolute Gasteiger partial charge is 0.476 e. The first-order chi connectivity index (χ1) is 7.68. The van der Waals surface area contributed by atoms with Crippen LogP contribution < -0.4 is 4.74 Å². The quantitative estimate of drug-likeness (QED) is 0.855. The van der Waals surface area contributed by atoms with Crippen molar-refractivity contribution in [3.8, 4) is 11.6 Å². The summed E-state index contributed by atoms with van der Waals surface area (Å²) in [5.74, 6) is -0.950. The van der Waals surface area contributed by atoms with E-state index < -0.39 is 5.97 Å². The van der Waals surface area contributed by atoms with E-state index in [1.165, 1.54) is 0 Å². The van der Waals surface area contributed by atoms with Crippen molar-refractivity contribution in [2.24, 2.45) is 0 Å². The van der Waals surface area contributed by atoms with Crippen molar-refractivity contribution >= 4 is 17.6 Å². The van der Waals surface area contributed by atoms with E-state index in [0.29, 0.717) is 10.8 Å². The molecule has 0 saturated heterocycles. The monoisotopic (exact) mass is 239 g/mol. The van der Waals surface area contributed by atoms with Gasteiger partial charge in [0.1, 0.15) is 5.75 Å². The first-order valence-electron chi connectivity index (χ1n) is 4.25. The molecule has 0 bridgehead atoms. The van der Waals surface area contributed by atoms with Gasteiger partial charge in [0.15, 0.2) is 0 Å². The number of carbonyl (C=O) groups is 1. The van der Waals surface area contributed by atoms with Gasteiger partial charge < -0.3 is 9.84 Å². The summed E-state index contributed by atoms with van der Waals surface area (Å²) >= 11 is 5.85. The Morgan fingerprint density at radius 3 is 2.88 bits per heavy atom. The topological polar surface area (TPSA) is 88.1 Å². The van der Waals surface area contributed by atoms with Crippen LogP contribution in [0.5, 0.6) is 11.6 Å². The van der Waals surface area contributed by atoms with E-state index in [4.69, 9.17) is 21.4 Å². The zero-order valence-corrected chi connectivity index (χ0v) is 8.60. The maximum atomic E-state index is 10.7. The highest BCUT2D eigenvalue weighted by molar-refractivity contribution is 6.32. The average Bonchev–Trinajstić information content (AvgIpc) is 2.69. The Morgan fingerprint density at radius 2 is 2.19 bits per heavy atom. The first-order valence-corrected chi connectivity index (χ1v) is 4.63. The van der Waals surface area contributed by atoms with Gasteiger partial charge in [-0.1, -0.05) is 28.9 Å². The van der Waals surface area contributed by atoms with E-state index in [0.717, 1.165) is 0 Å². The van der Waals surface area contributed by atoms with E-state index in [1.807, 2.05) is 0 Å². The van der Waals surface area contributed by atoms with Crippen molar-refractivity contribution in [3.05, 3.63) is 35.0 Å². The van der Waals surface area contributed by atoms with Crippen molar-refractivity contribution in [1.82, 2.24) is 15.4 Å². The van der Waals surface area contributed by atoms with Crippen LogP contribution >= 0.6 is 11.6 Å². The van der Waals surface area contributed by atoms with Gasteiger partial charge in [0.05, 0.1) is 5.02 Å². The maximum absolute atomic E-state index is 10.7. The van der Waals surface area contributed by atoms with Crippen molar-refractivity contribution in [2.75, 3.05) is 0 Å². The maximum Gasteiger partial charge on any atom is 0.362 e. The smallest absolute Gasteiger partial charge is 0.362 e. The van der Waals surface area contributed by atoms with Crippen LogP contribution in [0.15, 0.2) is 24.3 Å². The molecule has 0 aliphatic rings. The summed E-state index contributed by atoms with van der Waals surface area (Å²) in [7, 11) is 0. The van der Waals surface area contributed by atoms with E-state index in [-0.39, 0.29) is 11.6 Å². The molecule has 1 heterocycles. The predicted molar refractivity (Wildman–Crippen MR) is 54.9 cm³/mol. The SMILES string of the molecule is O=C(O)c1nn[nH]c1Oc1ccccc1Cl. The number of hydrogen-bond acceptors (Lipinski definition) is 4. The standard InChI is InChI=1S/C9H6ClN3O3/c10-5-3-1-2-4-6(5)16-8-7(9(14)15)11-13-12-8/h1-4H,(H,14,15)(H,11,12,13). The number of benzene rings is 1. The lowest BCUT2D eigenvalue weighted by atomic mass is 10.3. The van der Waals surface area contributed by atoms with Crippen LogP contribution in [0.1, 0.15) is 10.5 Å². The molecular formula is C9H6ClN3O3. The highest BCUT2D eigenvalue weighted by Gasteiger charge is 2.17. The molecule has 0 radical (unpaired) electrons. The molecule has 1 aromatic carbocycles. The van der Waals surface area contributed by atoms with Crippen LogP contribution in [0.2, 0.25) is 5.02 Å². The lowest BCUT2D eigenvalue weighted by Crippen LogP contribution is -1.99. The fourth-order valence-corrected chi connectivity index (χ4v) is 1.24. The predicted octanol–water partition coefficient (Wildman–Crippen LogP) is 1.95. The molecule has 0 saturated carbocycles. The molecule has 0 spiro atoms. The summed E-state index contributed by atoms with van der Waals surface area (Å²) in [6.45, 7) is 0. The Balaban J connectivity index is 2.31. The second kappa shape index (κ2) is 4.19. The zero-order valence-electron chi connectivity index (χ0n) is 7.85. The van der Waals surface area contributed by atoms with Crippen molar-refractivity contribution < 1.29 is 14.6 Å². The minimum absolute atomic E-state index is 0.0550. The molecule has 1 aromatic heterocycles. The first kappa shape index (κ1) is 10.4. The van der Waals surface area contributed by atoms with Gasteiger partial charge in [-0.05, 0) is 12.1 Å². The number of aromatic amines is 1. The number of nitrogens with zero attached hydrogens (tertiary/aromatic N) is 2. The van der Waals surface area contributed by atoms with Crippen molar-refractivity contribution in [2.45, 2.75) is 0 Å². The van der Waals surface area contributed by atoms with Crippen molar-refractivity contribution in [3.63, 3.8) is 0 Å². The van der Waals surface area contributed by atoms with Crippen molar-refractivity contribution in [1.29, 1.82) is 0 Å². The summed E-state index contributed by atoms with van der Waals surface area (Å²) in [6, 6.07) is 6.68. The molecule has 2 rings (SSSR count). The van der Waals surface area contributed by atoms with Crippen LogP contribution in [0.25, 0.3) is 0 Å². The van der Waals surface area contributed by atoms with Gasteiger partial charge >= 0.3 is 5.97 Å². The molecule has 0 aliphatic heterocycles. The summed E-state index contributed by atoms with van der Waals surface area (Å²) in [4.78, 5) is 10.7. The number of ether oxygens (including phenoxy) is 1. The van der Waals surface area contributed by atoms with Gasteiger partial charge in [-0.25, -0.2) is 9.89 Å². The Labute approximate surface area is 94.8 Å². The van der Waals surface area contributed by atoms with Crippen LogP contribution in [0.4, 0.5) is 0 Å². The highest BCUT2D eigenvalue weighted by atomic mass is 35.5. The van der Waals surface area contributed by atoms with Gasteiger partial charge in [0.2, 0.25) is 5.69 Å². The molecule has 0 atom stereocenters. The summed E-state index contributed by atoms with van der Waals surface area (Å²) in [5, 5.41) is 18.2. The molecule has 0 fully saturated rings. The number of carboxylic acids is 1. The third-order valence-electron chi connectivity index (χ3n) is 1.77. The van der Waals surface area contributed by atoms with Gasteiger partial charge in [-0.3, -0.25) is 0 Å². The molecule has 0 aliphatic carbocycles. The Morgan fingerprint density at radius 1 is 1.44 bits per heavy atom. The molecule has 0 unspecified atom stereocenters. The average molecular weight is 240 g/mol. The van der Waals surface area contributed by atoms with E-state index >= 15 is 0 Å². The second-order valence-electron chi connectivity index (χ2n) is 2.83. The number of H-pyrrole nitrogens is 1. The number of halogens is 1. The molecule has 2 aromatic rings.